The third-order valence-corrected chi connectivity index (χ3v) is 4.64. The van der Waals surface area contributed by atoms with Gasteiger partial charge in [-0.15, -0.1) is 0 Å². The van der Waals surface area contributed by atoms with E-state index < -0.39 is 0 Å². The fourth-order valence-electron chi connectivity index (χ4n) is 3.31. The minimum atomic E-state index is 0.152. The van der Waals surface area contributed by atoms with Crippen LogP contribution in [0.2, 0.25) is 0 Å². The zero-order valence-corrected chi connectivity index (χ0v) is 13.3. The number of nitrogens with zero attached hydrogens (tertiary/aromatic N) is 2. The summed E-state index contributed by atoms with van der Waals surface area (Å²) in [6.45, 7) is 2.58. The molecule has 3 rings (SSSR count). The van der Waals surface area contributed by atoms with Crippen molar-refractivity contribution in [1.29, 1.82) is 0 Å². The largest absolute Gasteiger partial charge is 0.350 e. The number of fused-ring (bicyclic) bond motifs is 1. The van der Waals surface area contributed by atoms with Gasteiger partial charge in [0.05, 0.1) is 12.2 Å². The summed E-state index contributed by atoms with van der Waals surface area (Å²) in [6.07, 6.45) is 12.3. The molecule has 1 aliphatic carbocycles. The molecule has 0 saturated heterocycles. The van der Waals surface area contributed by atoms with Gasteiger partial charge in [0.15, 0.2) is 0 Å². The maximum absolute atomic E-state index is 12.0. The molecule has 4 heteroatoms. The Morgan fingerprint density at radius 3 is 3.00 bits per heavy atom. The van der Waals surface area contributed by atoms with Crippen LogP contribution in [0, 0.1) is 12.8 Å². The Labute approximate surface area is 131 Å². The molecule has 0 radical (unpaired) electrons. The van der Waals surface area contributed by atoms with E-state index in [0.29, 0.717) is 13.0 Å². The molecular formula is C18H25N3O. The van der Waals surface area contributed by atoms with Crippen molar-refractivity contribution in [3.8, 4) is 0 Å². The van der Waals surface area contributed by atoms with E-state index in [1.807, 2.05) is 22.9 Å². The Morgan fingerprint density at radius 2 is 2.18 bits per heavy atom. The van der Waals surface area contributed by atoms with Crippen LogP contribution >= 0.6 is 0 Å². The Hall–Kier alpha value is -1.84. The summed E-state index contributed by atoms with van der Waals surface area (Å²) in [5, 5.41) is 3.00. The van der Waals surface area contributed by atoms with Gasteiger partial charge in [0.2, 0.25) is 5.91 Å². The van der Waals surface area contributed by atoms with Crippen molar-refractivity contribution in [1.82, 2.24) is 14.7 Å². The number of nitrogens with one attached hydrogen (secondary N) is 1. The van der Waals surface area contributed by atoms with Crippen LogP contribution in [0.4, 0.5) is 0 Å². The van der Waals surface area contributed by atoms with Crippen molar-refractivity contribution in [2.24, 2.45) is 5.92 Å². The number of rotatable bonds is 5. The maximum Gasteiger partial charge on any atom is 0.220 e. The van der Waals surface area contributed by atoms with Gasteiger partial charge in [-0.1, -0.05) is 32.1 Å². The molecule has 1 amide bonds. The Kier molecular flexibility index (Phi) is 4.76. The van der Waals surface area contributed by atoms with Crippen LogP contribution in [0.5, 0.6) is 0 Å². The smallest absolute Gasteiger partial charge is 0.220 e. The number of pyridine rings is 1. The minimum Gasteiger partial charge on any atom is -0.350 e. The van der Waals surface area contributed by atoms with E-state index in [-0.39, 0.29) is 5.91 Å². The highest BCUT2D eigenvalue weighted by atomic mass is 16.1. The number of hydrogen-bond acceptors (Lipinski definition) is 2. The summed E-state index contributed by atoms with van der Waals surface area (Å²) in [5.74, 6) is 0.913. The van der Waals surface area contributed by atoms with Gasteiger partial charge in [-0.05, 0) is 37.0 Å². The van der Waals surface area contributed by atoms with E-state index in [2.05, 4.69) is 23.3 Å². The zero-order valence-electron chi connectivity index (χ0n) is 13.3. The second-order valence-electron chi connectivity index (χ2n) is 6.52. The van der Waals surface area contributed by atoms with E-state index in [1.165, 1.54) is 37.7 Å². The second-order valence-corrected chi connectivity index (χ2v) is 6.52. The van der Waals surface area contributed by atoms with Crippen molar-refractivity contribution < 1.29 is 4.79 Å². The highest BCUT2D eigenvalue weighted by molar-refractivity contribution is 5.75. The first-order valence-electron chi connectivity index (χ1n) is 8.41. The average Bonchev–Trinajstić information content (AvgIpc) is 2.94. The van der Waals surface area contributed by atoms with Gasteiger partial charge in [-0.2, -0.15) is 0 Å². The summed E-state index contributed by atoms with van der Waals surface area (Å²) in [6, 6.07) is 4.11. The maximum atomic E-state index is 12.0. The lowest BCUT2D eigenvalue weighted by Gasteiger charge is -2.20. The van der Waals surface area contributed by atoms with Crippen molar-refractivity contribution in [2.45, 2.75) is 58.4 Å². The molecule has 0 unspecified atom stereocenters. The summed E-state index contributed by atoms with van der Waals surface area (Å²) < 4.78 is 2.00. The first-order chi connectivity index (χ1) is 10.7. The van der Waals surface area contributed by atoms with Gasteiger partial charge in [-0.25, -0.2) is 4.98 Å². The van der Waals surface area contributed by atoms with Gasteiger partial charge in [0.25, 0.3) is 0 Å². The topological polar surface area (TPSA) is 46.4 Å². The molecule has 22 heavy (non-hydrogen) atoms. The zero-order chi connectivity index (χ0) is 15.4. The summed E-state index contributed by atoms with van der Waals surface area (Å²) in [5.41, 5.74) is 3.05. The third kappa shape index (κ3) is 3.87. The summed E-state index contributed by atoms with van der Waals surface area (Å²) in [4.78, 5) is 16.5. The van der Waals surface area contributed by atoms with Crippen LogP contribution in [-0.4, -0.2) is 15.3 Å². The predicted molar refractivity (Wildman–Crippen MR) is 87.6 cm³/mol. The molecule has 118 valence electrons. The van der Waals surface area contributed by atoms with E-state index >= 15 is 0 Å². The van der Waals surface area contributed by atoms with Gasteiger partial charge in [0.1, 0.15) is 5.65 Å². The quantitative estimate of drug-likeness (QED) is 0.916. The normalized spacial score (nSPS) is 16.0. The number of amides is 1. The summed E-state index contributed by atoms with van der Waals surface area (Å²) >= 11 is 0. The van der Waals surface area contributed by atoms with Crippen molar-refractivity contribution >= 4 is 11.6 Å². The average molecular weight is 299 g/mol. The molecule has 1 fully saturated rings. The lowest BCUT2D eigenvalue weighted by Crippen LogP contribution is -2.23. The van der Waals surface area contributed by atoms with Crippen molar-refractivity contribution in [3.63, 3.8) is 0 Å². The van der Waals surface area contributed by atoms with E-state index in [0.717, 1.165) is 23.7 Å². The highest BCUT2D eigenvalue weighted by Crippen LogP contribution is 2.27. The van der Waals surface area contributed by atoms with Crippen molar-refractivity contribution in [3.05, 3.63) is 35.8 Å². The van der Waals surface area contributed by atoms with E-state index in [9.17, 15) is 4.79 Å². The molecule has 2 heterocycles. The molecule has 0 aromatic carbocycles. The first kappa shape index (κ1) is 15.1. The van der Waals surface area contributed by atoms with Crippen molar-refractivity contribution in [2.75, 3.05) is 0 Å². The van der Waals surface area contributed by atoms with Gasteiger partial charge in [0, 0.05) is 18.8 Å². The van der Waals surface area contributed by atoms with Gasteiger partial charge < -0.3 is 9.72 Å². The Balaban J connectivity index is 1.47. The molecule has 2 aromatic rings. The molecule has 1 aliphatic rings. The highest BCUT2D eigenvalue weighted by Gasteiger charge is 2.14. The molecule has 0 atom stereocenters. The van der Waals surface area contributed by atoms with Gasteiger partial charge >= 0.3 is 0 Å². The fourth-order valence-corrected chi connectivity index (χ4v) is 3.31. The standard InChI is InChI=1S/C18H25N3O/c1-14-9-10-21-13-16(20-17(21)11-14)12-19-18(22)8-7-15-5-3-2-4-6-15/h9-11,13,15H,2-8,12H2,1H3,(H,19,22). The molecule has 1 N–H and O–H groups in total. The monoisotopic (exact) mass is 299 g/mol. The van der Waals surface area contributed by atoms with Gasteiger partial charge in [-0.3, -0.25) is 4.79 Å². The third-order valence-electron chi connectivity index (χ3n) is 4.64. The number of carbonyl (C=O) groups excluding carboxylic acids is 1. The van der Waals surface area contributed by atoms with Crippen LogP contribution in [0.3, 0.4) is 0 Å². The molecular weight excluding hydrogens is 274 g/mol. The first-order valence-corrected chi connectivity index (χ1v) is 8.41. The van der Waals surface area contributed by atoms with E-state index in [1.54, 1.807) is 0 Å². The molecule has 0 spiro atoms. The molecule has 0 bridgehead atoms. The van der Waals surface area contributed by atoms with Crippen LogP contribution in [-0.2, 0) is 11.3 Å². The minimum absolute atomic E-state index is 0.152. The SMILES string of the molecule is Cc1ccn2cc(CNC(=O)CCC3CCCCC3)nc2c1. The second kappa shape index (κ2) is 6.95. The van der Waals surface area contributed by atoms with Crippen LogP contribution in [0.1, 0.15) is 56.2 Å². The van der Waals surface area contributed by atoms with Crippen LogP contribution < -0.4 is 5.32 Å². The van der Waals surface area contributed by atoms with E-state index in [4.69, 9.17) is 0 Å². The predicted octanol–water partition coefficient (Wildman–Crippen LogP) is 3.62. The molecule has 4 nitrogen and oxygen atoms in total. The molecule has 2 aromatic heterocycles. The number of imidazole rings is 1. The molecule has 1 saturated carbocycles. The lowest BCUT2D eigenvalue weighted by molar-refractivity contribution is -0.121. The lowest BCUT2D eigenvalue weighted by atomic mass is 9.86. The fraction of sp³-hybridized carbons (Fsp3) is 0.556. The number of carbonyl (C=O) groups is 1. The summed E-state index contributed by atoms with van der Waals surface area (Å²) in [7, 11) is 0. The molecule has 0 aliphatic heterocycles. The Morgan fingerprint density at radius 1 is 1.36 bits per heavy atom. The Bertz CT molecular complexity index is 641. The number of aryl methyl sites for hydroxylation is 1. The van der Waals surface area contributed by atoms with Crippen LogP contribution in [0.15, 0.2) is 24.5 Å². The number of hydrogen-bond donors (Lipinski definition) is 1. The van der Waals surface area contributed by atoms with Crippen LogP contribution in [0.25, 0.3) is 5.65 Å². The number of aromatic nitrogens is 2.